The third-order valence-corrected chi connectivity index (χ3v) is 4.86. The predicted molar refractivity (Wildman–Crippen MR) is 92.5 cm³/mol. The Kier molecular flexibility index (Phi) is 3.83. The van der Waals surface area contributed by atoms with E-state index in [-0.39, 0.29) is 5.82 Å². The number of aryl methyl sites for hydroxylation is 2. The average molecular weight is 329 g/mol. The predicted octanol–water partition coefficient (Wildman–Crippen LogP) is 4.32. The first-order valence-electron chi connectivity index (χ1n) is 7.97. The van der Waals surface area contributed by atoms with E-state index in [2.05, 4.69) is 22.0 Å². The molecule has 118 valence electrons. The molecule has 23 heavy (non-hydrogen) atoms. The van der Waals surface area contributed by atoms with Crippen LogP contribution in [0.15, 0.2) is 42.5 Å². The second kappa shape index (κ2) is 5.99. The lowest BCUT2D eigenvalue weighted by atomic mass is 10.1. The molecule has 0 unspecified atom stereocenters. The molecule has 0 amide bonds. The smallest absolute Gasteiger partial charge is 0.123 e. The van der Waals surface area contributed by atoms with Crippen LogP contribution in [0.3, 0.4) is 0 Å². The minimum atomic E-state index is -0.182. The number of aromatic nitrogens is 1. The van der Waals surface area contributed by atoms with E-state index in [1.54, 1.807) is 0 Å². The maximum Gasteiger partial charge on any atom is 0.123 e. The lowest BCUT2D eigenvalue weighted by Crippen LogP contribution is -2.24. The fourth-order valence-electron chi connectivity index (χ4n) is 3.50. The molecule has 2 heterocycles. The van der Waals surface area contributed by atoms with Crippen molar-refractivity contribution in [3.8, 4) is 0 Å². The van der Waals surface area contributed by atoms with Crippen LogP contribution in [-0.4, -0.2) is 11.1 Å². The highest BCUT2D eigenvalue weighted by molar-refractivity contribution is 6.31. The molecule has 0 fully saturated rings. The van der Waals surface area contributed by atoms with Crippen molar-refractivity contribution in [1.29, 1.82) is 0 Å². The van der Waals surface area contributed by atoms with Gasteiger partial charge in [-0.2, -0.15) is 0 Å². The molecule has 3 aromatic rings. The Morgan fingerprint density at radius 3 is 2.78 bits per heavy atom. The van der Waals surface area contributed by atoms with Crippen molar-refractivity contribution < 1.29 is 4.39 Å². The van der Waals surface area contributed by atoms with Gasteiger partial charge in [-0.15, -0.1) is 0 Å². The molecule has 0 atom stereocenters. The van der Waals surface area contributed by atoms with E-state index in [1.165, 1.54) is 34.3 Å². The van der Waals surface area contributed by atoms with Crippen LogP contribution in [0.5, 0.6) is 0 Å². The van der Waals surface area contributed by atoms with Crippen molar-refractivity contribution >= 4 is 22.5 Å². The number of nitrogens with zero attached hydrogens (tertiary/aromatic N) is 1. The minimum absolute atomic E-state index is 0.182. The first kappa shape index (κ1) is 14.7. The lowest BCUT2D eigenvalue weighted by molar-refractivity contribution is 0.593. The Labute approximate surface area is 139 Å². The molecule has 4 heteroatoms. The molecule has 0 aliphatic carbocycles. The summed E-state index contributed by atoms with van der Waals surface area (Å²) in [7, 11) is 0. The van der Waals surface area contributed by atoms with Gasteiger partial charge in [0.2, 0.25) is 0 Å². The summed E-state index contributed by atoms with van der Waals surface area (Å²) in [6, 6.07) is 12.9. The monoisotopic (exact) mass is 328 g/mol. The fourth-order valence-corrected chi connectivity index (χ4v) is 3.67. The largest absolute Gasteiger partial charge is 0.344 e. The molecule has 1 N–H and O–H groups in total. The number of benzene rings is 2. The van der Waals surface area contributed by atoms with Crippen molar-refractivity contribution in [2.45, 2.75) is 25.9 Å². The van der Waals surface area contributed by atoms with Crippen LogP contribution in [0.25, 0.3) is 10.9 Å². The summed E-state index contributed by atoms with van der Waals surface area (Å²) in [6.45, 7) is 2.81. The van der Waals surface area contributed by atoms with Crippen molar-refractivity contribution in [3.63, 3.8) is 0 Å². The fraction of sp³-hybridized carbons (Fsp3) is 0.263. The van der Waals surface area contributed by atoms with Gasteiger partial charge in [0.15, 0.2) is 0 Å². The summed E-state index contributed by atoms with van der Waals surface area (Å²) in [5.41, 5.74) is 5.17. The van der Waals surface area contributed by atoms with Crippen LogP contribution in [0.1, 0.15) is 16.8 Å². The first-order valence-corrected chi connectivity index (χ1v) is 8.35. The van der Waals surface area contributed by atoms with Gasteiger partial charge in [0.05, 0.1) is 0 Å². The number of halogens is 2. The van der Waals surface area contributed by atoms with Gasteiger partial charge in [-0.05, 0) is 47.9 Å². The highest BCUT2D eigenvalue weighted by Crippen LogP contribution is 2.31. The summed E-state index contributed by atoms with van der Waals surface area (Å²) in [4.78, 5) is 0. The number of rotatable bonds is 3. The molecule has 2 aromatic carbocycles. The van der Waals surface area contributed by atoms with Crippen LogP contribution < -0.4 is 5.32 Å². The summed E-state index contributed by atoms with van der Waals surface area (Å²) in [6.07, 6.45) is 1.93. The molecular weight excluding hydrogens is 311 g/mol. The summed E-state index contributed by atoms with van der Waals surface area (Å²) < 4.78 is 15.5. The highest BCUT2D eigenvalue weighted by atomic mass is 35.5. The normalized spacial score (nSPS) is 14.2. The third-order valence-electron chi connectivity index (χ3n) is 4.63. The standard InChI is InChI=1S/C19H18ClFN2/c20-14-3-6-18-16(11-14)17-12-22-9-7-19(17)23(18)10-8-13-1-4-15(21)5-2-13/h1-6,11,22H,7-10,12H2. The molecule has 2 nitrogen and oxygen atoms in total. The maximum absolute atomic E-state index is 13.0. The van der Waals surface area contributed by atoms with Gasteiger partial charge in [0.25, 0.3) is 0 Å². The Morgan fingerprint density at radius 1 is 1.13 bits per heavy atom. The van der Waals surface area contributed by atoms with Crippen molar-refractivity contribution in [2.24, 2.45) is 0 Å². The number of fused-ring (bicyclic) bond motifs is 3. The highest BCUT2D eigenvalue weighted by Gasteiger charge is 2.19. The SMILES string of the molecule is Fc1ccc(CCn2c3c(c4cc(Cl)ccc42)CNCC3)cc1. The number of nitrogens with one attached hydrogen (secondary N) is 1. The van der Waals surface area contributed by atoms with Crippen molar-refractivity contribution in [1.82, 2.24) is 9.88 Å². The number of hydrogen-bond donors (Lipinski definition) is 1. The van der Waals surface area contributed by atoms with Gasteiger partial charge in [-0.1, -0.05) is 23.7 Å². The minimum Gasteiger partial charge on any atom is -0.344 e. The molecule has 1 aliphatic heterocycles. The van der Waals surface area contributed by atoms with Crippen LogP contribution in [0.4, 0.5) is 4.39 Å². The van der Waals surface area contributed by atoms with Gasteiger partial charge >= 0.3 is 0 Å². The van der Waals surface area contributed by atoms with E-state index in [4.69, 9.17) is 11.6 Å². The van der Waals surface area contributed by atoms with Gasteiger partial charge in [0.1, 0.15) is 5.82 Å². The van der Waals surface area contributed by atoms with Gasteiger partial charge in [-0.3, -0.25) is 0 Å². The second-order valence-electron chi connectivity index (χ2n) is 6.04. The molecule has 1 aliphatic rings. The lowest BCUT2D eigenvalue weighted by Gasteiger charge is -2.17. The zero-order chi connectivity index (χ0) is 15.8. The molecule has 0 spiro atoms. The van der Waals surface area contributed by atoms with Crippen LogP contribution in [0, 0.1) is 5.82 Å². The Balaban J connectivity index is 1.72. The molecule has 0 bridgehead atoms. The molecule has 0 radical (unpaired) electrons. The number of hydrogen-bond acceptors (Lipinski definition) is 1. The zero-order valence-electron chi connectivity index (χ0n) is 12.8. The van der Waals surface area contributed by atoms with Gasteiger partial charge in [-0.25, -0.2) is 4.39 Å². The van der Waals surface area contributed by atoms with E-state index in [0.717, 1.165) is 43.1 Å². The first-order chi connectivity index (χ1) is 11.2. The zero-order valence-corrected chi connectivity index (χ0v) is 13.5. The second-order valence-corrected chi connectivity index (χ2v) is 6.48. The van der Waals surface area contributed by atoms with Gasteiger partial charge < -0.3 is 9.88 Å². The molecular formula is C19H18ClFN2. The van der Waals surface area contributed by atoms with E-state index in [0.29, 0.717) is 0 Å². The molecule has 1 aromatic heterocycles. The Morgan fingerprint density at radius 2 is 1.96 bits per heavy atom. The molecule has 0 saturated heterocycles. The Hall–Kier alpha value is -1.84. The van der Waals surface area contributed by atoms with Crippen molar-refractivity contribution in [2.75, 3.05) is 6.54 Å². The van der Waals surface area contributed by atoms with Gasteiger partial charge in [0, 0.05) is 47.7 Å². The third kappa shape index (κ3) is 2.75. The van der Waals surface area contributed by atoms with E-state index >= 15 is 0 Å². The maximum atomic E-state index is 13.0. The van der Waals surface area contributed by atoms with Crippen LogP contribution in [0.2, 0.25) is 5.02 Å². The Bertz CT molecular complexity index is 852. The van der Waals surface area contributed by atoms with Crippen molar-refractivity contribution in [3.05, 3.63) is 70.1 Å². The van der Waals surface area contributed by atoms with Crippen LogP contribution in [-0.2, 0) is 25.9 Å². The summed E-state index contributed by atoms with van der Waals surface area (Å²) in [5, 5.41) is 5.48. The quantitative estimate of drug-likeness (QED) is 0.757. The van der Waals surface area contributed by atoms with E-state index in [9.17, 15) is 4.39 Å². The van der Waals surface area contributed by atoms with E-state index in [1.807, 2.05) is 18.2 Å². The summed E-state index contributed by atoms with van der Waals surface area (Å²) >= 11 is 6.19. The topological polar surface area (TPSA) is 17.0 Å². The molecule has 4 rings (SSSR count). The van der Waals surface area contributed by atoms with E-state index < -0.39 is 0 Å². The average Bonchev–Trinajstić information content (AvgIpc) is 2.88. The van der Waals surface area contributed by atoms with Crippen LogP contribution >= 0.6 is 11.6 Å². The summed E-state index contributed by atoms with van der Waals surface area (Å²) in [5.74, 6) is -0.182. The molecule has 0 saturated carbocycles.